The zero-order valence-electron chi connectivity index (χ0n) is 9.99. The summed E-state index contributed by atoms with van der Waals surface area (Å²) in [6.07, 6.45) is 0.735. The van der Waals surface area contributed by atoms with E-state index in [9.17, 15) is 9.36 Å². The third-order valence-electron chi connectivity index (χ3n) is 1.82. The molecule has 0 rings (SSSR count). The average molecular weight is 236 g/mol. The van der Waals surface area contributed by atoms with E-state index in [4.69, 9.17) is 9.05 Å². The molecular weight excluding hydrogens is 215 g/mol. The molecule has 0 saturated heterocycles. The number of carbonyl (C=O) groups excluding carboxylic acids is 1. The van der Waals surface area contributed by atoms with Gasteiger partial charge in [0.05, 0.1) is 19.4 Å². The van der Waals surface area contributed by atoms with Gasteiger partial charge in [-0.2, -0.15) is 0 Å². The van der Waals surface area contributed by atoms with Crippen LogP contribution in [-0.4, -0.2) is 25.2 Å². The molecule has 0 aromatic carbocycles. The lowest BCUT2D eigenvalue weighted by Crippen LogP contribution is -2.10. The Kier molecular flexibility index (Phi) is 7.07. The van der Waals surface area contributed by atoms with Crippen molar-refractivity contribution < 1.29 is 18.4 Å². The molecule has 0 aromatic rings. The van der Waals surface area contributed by atoms with Crippen LogP contribution in [0.15, 0.2) is 0 Å². The molecular formula is C10H21O4P. The van der Waals surface area contributed by atoms with Crippen LogP contribution in [0.25, 0.3) is 0 Å². The highest BCUT2D eigenvalue weighted by molar-refractivity contribution is 7.53. The minimum Gasteiger partial charge on any atom is -0.309 e. The van der Waals surface area contributed by atoms with E-state index in [1.165, 1.54) is 6.92 Å². The van der Waals surface area contributed by atoms with Gasteiger partial charge in [-0.1, -0.05) is 6.92 Å². The topological polar surface area (TPSA) is 52.6 Å². The zero-order valence-corrected chi connectivity index (χ0v) is 10.9. The minimum absolute atomic E-state index is 0.0337. The molecule has 1 unspecified atom stereocenters. The van der Waals surface area contributed by atoms with Crippen LogP contribution in [0.4, 0.5) is 0 Å². The van der Waals surface area contributed by atoms with Crippen LogP contribution in [-0.2, 0) is 18.4 Å². The van der Waals surface area contributed by atoms with Crippen molar-refractivity contribution in [2.24, 2.45) is 5.92 Å². The molecule has 0 N–H and O–H groups in total. The molecule has 0 aliphatic rings. The van der Waals surface area contributed by atoms with Crippen molar-refractivity contribution in [3.8, 4) is 0 Å². The Morgan fingerprint density at radius 3 is 2.07 bits per heavy atom. The fraction of sp³-hybridized carbons (Fsp3) is 0.900. The van der Waals surface area contributed by atoms with E-state index in [0.717, 1.165) is 0 Å². The van der Waals surface area contributed by atoms with Crippen molar-refractivity contribution in [3.63, 3.8) is 0 Å². The molecule has 90 valence electrons. The van der Waals surface area contributed by atoms with Gasteiger partial charge in [0, 0.05) is 6.42 Å². The number of carbonyl (C=O) groups is 1. The van der Waals surface area contributed by atoms with Crippen molar-refractivity contribution in [1.82, 2.24) is 0 Å². The maximum absolute atomic E-state index is 12.0. The summed E-state index contributed by atoms with van der Waals surface area (Å²) >= 11 is 0. The van der Waals surface area contributed by atoms with E-state index < -0.39 is 7.60 Å². The Morgan fingerprint density at radius 2 is 1.73 bits per heavy atom. The molecule has 15 heavy (non-hydrogen) atoms. The van der Waals surface area contributed by atoms with Gasteiger partial charge < -0.3 is 13.8 Å². The van der Waals surface area contributed by atoms with Crippen LogP contribution in [0, 0.1) is 5.92 Å². The summed E-state index contributed by atoms with van der Waals surface area (Å²) in [5.41, 5.74) is 0. The number of Topliss-reactive ketones (excluding diaryl/α,β-unsaturated/α-hetero) is 1. The molecule has 0 aliphatic carbocycles. The first-order chi connectivity index (χ1) is 6.93. The normalized spacial score (nSPS) is 13.9. The fourth-order valence-electron chi connectivity index (χ4n) is 1.47. The van der Waals surface area contributed by atoms with Gasteiger partial charge >= 0.3 is 7.60 Å². The second kappa shape index (κ2) is 7.15. The largest absolute Gasteiger partial charge is 0.330 e. The maximum atomic E-state index is 12.0. The second-order valence-electron chi connectivity index (χ2n) is 3.64. The summed E-state index contributed by atoms with van der Waals surface area (Å²) in [7, 11) is -2.98. The molecule has 0 bridgehead atoms. The minimum atomic E-state index is -2.98. The van der Waals surface area contributed by atoms with E-state index in [0.29, 0.717) is 25.8 Å². The average Bonchev–Trinajstić information content (AvgIpc) is 2.01. The van der Waals surface area contributed by atoms with Crippen LogP contribution in [0.5, 0.6) is 0 Å². The smallest absolute Gasteiger partial charge is 0.309 e. The van der Waals surface area contributed by atoms with Crippen LogP contribution in [0.1, 0.15) is 34.1 Å². The van der Waals surface area contributed by atoms with Crippen molar-refractivity contribution >= 4 is 13.4 Å². The van der Waals surface area contributed by atoms with E-state index in [2.05, 4.69) is 0 Å². The van der Waals surface area contributed by atoms with Gasteiger partial charge in [-0.25, -0.2) is 0 Å². The Labute approximate surface area is 91.9 Å². The summed E-state index contributed by atoms with van der Waals surface area (Å²) in [4.78, 5) is 10.9. The van der Waals surface area contributed by atoms with Crippen LogP contribution in [0.2, 0.25) is 0 Å². The molecule has 0 aromatic heterocycles. The van der Waals surface area contributed by atoms with Crippen LogP contribution in [0.3, 0.4) is 0 Å². The van der Waals surface area contributed by atoms with Crippen LogP contribution >= 0.6 is 7.60 Å². The molecule has 1 atom stereocenters. The molecule has 0 aliphatic heterocycles. The summed E-state index contributed by atoms with van der Waals surface area (Å²) < 4.78 is 22.3. The molecule has 0 radical (unpaired) electrons. The standard InChI is InChI=1S/C10H21O4P/c1-5-13-15(12,14-6-2)8-9(3)7-10(4)11/h9H,5-8H2,1-4H3. The molecule has 0 heterocycles. The summed E-state index contributed by atoms with van der Waals surface area (Å²) in [6, 6.07) is 0. The van der Waals surface area contributed by atoms with Gasteiger partial charge in [-0.05, 0) is 26.7 Å². The molecule has 0 spiro atoms. The van der Waals surface area contributed by atoms with Gasteiger partial charge in [0.2, 0.25) is 0 Å². The predicted octanol–water partition coefficient (Wildman–Crippen LogP) is 2.87. The predicted molar refractivity (Wildman–Crippen MR) is 60.2 cm³/mol. The lowest BCUT2D eigenvalue weighted by Gasteiger charge is -2.19. The first-order valence-corrected chi connectivity index (χ1v) is 7.03. The maximum Gasteiger partial charge on any atom is 0.330 e. The molecule has 0 fully saturated rings. The lowest BCUT2D eigenvalue weighted by molar-refractivity contribution is -0.117. The highest BCUT2D eigenvalue weighted by atomic mass is 31.2. The van der Waals surface area contributed by atoms with Crippen LogP contribution < -0.4 is 0 Å². The van der Waals surface area contributed by atoms with Crippen molar-refractivity contribution in [2.45, 2.75) is 34.1 Å². The van der Waals surface area contributed by atoms with Gasteiger partial charge in [-0.3, -0.25) is 4.57 Å². The summed E-state index contributed by atoms with van der Waals surface area (Å²) in [5.74, 6) is 0.133. The quantitative estimate of drug-likeness (QED) is 0.608. The van der Waals surface area contributed by atoms with Gasteiger partial charge in [0.15, 0.2) is 0 Å². The van der Waals surface area contributed by atoms with Crippen molar-refractivity contribution in [3.05, 3.63) is 0 Å². The monoisotopic (exact) mass is 236 g/mol. The highest BCUT2D eigenvalue weighted by Crippen LogP contribution is 2.49. The van der Waals surface area contributed by atoms with Crippen molar-refractivity contribution in [1.29, 1.82) is 0 Å². The van der Waals surface area contributed by atoms with Gasteiger partial charge in [-0.15, -0.1) is 0 Å². The number of rotatable bonds is 8. The van der Waals surface area contributed by atoms with Crippen molar-refractivity contribution in [2.75, 3.05) is 19.4 Å². The Balaban J connectivity index is 4.27. The third kappa shape index (κ3) is 6.82. The summed E-state index contributed by atoms with van der Waals surface area (Å²) in [5, 5.41) is 0. The fourth-order valence-corrected chi connectivity index (χ4v) is 3.44. The first kappa shape index (κ1) is 14.8. The van der Waals surface area contributed by atoms with Gasteiger partial charge in [0.1, 0.15) is 5.78 Å². The van der Waals surface area contributed by atoms with E-state index >= 15 is 0 Å². The Bertz CT molecular complexity index is 230. The van der Waals surface area contributed by atoms with E-state index in [1.807, 2.05) is 6.92 Å². The summed E-state index contributed by atoms with van der Waals surface area (Å²) in [6.45, 7) is 7.70. The zero-order chi connectivity index (χ0) is 11.9. The molecule has 4 nitrogen and oxygen atoms in total. The number of ketones is 1. The SMILES string of the molecule is CCOP(=O)(CC(C)CC(C)=O)OCC. The molecule has 0 amide bonds. The Hall–Kier alpha value is -0.180. The van der Waals surface area contributed by atoms with E-state index in [-0.39, 0.29) is 11.7 Å². The molecule has 5 heteroatoms. The Morgan fingerprint density at radius 1 is 1.27 bits per heavy atom. The highest BCUT2D eigenvalue weighted by Gasteiger charge is 2.26. The van der Waals surface area contributed by atoms with Gasteiger partial charge in [0.25, 0.3) is 0 Å². The lowest BCUT2D eigenvalue weighted by atomic mass is 10.1. The number of hydrogen-bond acceptors (Lipinski definition) is 4. The third-order valence-corrected chi connectivity index (χ3v) is 4.20. The first-order valence-electron chi connectivity index (χ1n) is 5.31. The second-order valence-corrected chi connectivity index (χ2v) is 5.74. The van der Waals surface area contributed by atoms with E-state index in [1.54, 1.807) is 13.8 Å². The number of hydrogen-bond donors (Lipinski definition) is 0. The molecule has 0 saturated carbocycles.